The minimum atomic E-state index is -3.06. The lowest BCUT2D eigenvalue weighted by molar-refractivity contribution is 0.0952. The van der Waals surface area contributed by atoms with Crippen LogP contribution < -0.4 is 5.32 Å². The first-order valence-electron chi connectivity index (χ1n) is 8.61. The van der Waals surface area contributed by atoms with Crippen molar-refractivity contribution >= 4 is 15.7 Å². The summed E-state index contributed by atoms with van der Waals surface area (Å²) in [6.07, 6.45) is 2.06. The molecule has 0 unspecified atom stereocenters. The molecule has 140 valence electrons. The molecular formula is C20H26N2O3S. The highest BCUT2D eigenvalue weighted by Crippen LogP contribution is 2.08. The molecule has 0 aliphatic carbocycles. The molecular weight excluding hydrogens is 348 g/mol. The first-order chi connectivity index (χ1) is 12.3. The van der Waals surface area contributed by atoms with Crippen LogP contribution in [-0.4, -0.2) is 45.6 Å². The largest absolute Gasteiger partial charge is 0.352 e. The van der Waals surface area contributed by atoms with E-state index in [0.29, 0.717) is 17.7 Å². The Hall–Kier alpha value is -2.18. The topological polar surface area (TPSA) is 66.5 Å². The number of nitrogens with one attached hydrogen (secondary N) is 1. The van der Waals surface area contributed by atoms with Crippen molar-refractivity contribution in [2.75, 3.05) is 26.4 Å². The maximum atomic E-state index is 12.1. The molecule has 6 heteroatoms. The summed E-state index contributed by atoms with van der Waals surface area (Å²) >= 11 is 0. The van der Waals surface area contributed by atoms with Crippen LogP contribution in [0.3, 0.4) is 0 Å². The molecule has 2 aromatic rings. The van der Waals surface area contributed by atoms with Gasteiger partial charge in [-0.3, -0.25) is 4.79 Å². The summed E-state index contributed by atoms with van der Waals surface area (Å²) < 4.78 is 22.6. The predicted octanol–water partition coefficient (Wildman–Crippen LogP) is 2.48. The van der Waals surface area contributed by atoms with E-state index in [-0.39, 0.29) is 11.7 Å². The third-order valence-electron chi connectivity index (χ3n) is 3.94. The minimum absolute atomic E-state index is 0.0113. The number of hydrogen-bond donors (Lipinski definition) is 1. The summed E-state index contributed by atoms with van der Waals surface area (Å²) in [7, 11) is -0.999. The second-order valence-corrected chi connectivity index (χ2v) is 8.74. The fourth-order valence-corrected chi connectivity index (χ4v) is 3.48. The standard InChI is InChI=1S/C20H26N2O3S/c1-22(15-17-7-4-3-5-8-17)14-6-13-21-20(23)19-11-9-18(10-12-19)16-26(2,24)25/h3-5,7-12H,6,13-16H2,1-2H3,(H,21,23). The Labute approximate surface area is 156 Å². The molecule has 0 atom stereocenters. The van der Waals surface area contributed by atoms with Crippen LogP contribution in [0.1, 0.15) is 27.9 Å². The zero-order valence-electron chi connectivity index (χ0n) is 15.3. The molecule has 26 heavy (non-hydrogen) atoms. The lowest BCUT2D eigenvalue weighted by Gasteiger charge is -2.16. The Morgan fingerprint density at radius 3 is 2.27 bits per heavy atom. The third-order valence-corrected chi connectivity index (χ3v) is 4.80. The van der Waals surface area contributed by atoms with Gasteiger partial charge < -0.3 is 10.2 Å². The van der Waals surface area contributed by atoms with E-state index in [9.17, 15) is 13.2 Å². The van der Waals surface area contributed by atoms with Gasteiger partial charge in [0.2, 0.25) is 0 Å². The van der Waals surface area contributed by atoms with Crippen LogP contribution >= 0.6 is 0 Å². The molecule has 2 rings (SSSR count). The number of carbonyl (C=O) groups is 1. The number of hydrogen-bond acceptors (Lipinski definition) is 4. The molecule has 0 heterocycles. The smallest absolute Gasteiger partial charge is 0.251 e. The Balaban J connectivity index is 1.71. The first kappa shape index (κ1) is 20.1. The van der Waals surface area contributed by atoms with Crippen molar-refractivity contribution in [1.29, 1.82) is 0 Å². The minimum Gasteiger partial charge on any atom is -0.352 e. The number of rotatable bonds is 9. The van der Waals surface area contributed by atoms with Gasteiger partial charge in [0.05, 0.1) is 5.75 Å². The second-order valence-electron chi connectivity index (χ2n) is 6.60. The fourth-order valence-electron chi connectivity index (χ4n) is 2.68. The number of nitrogens with zero attached hydrogens (tertiary/aromatic N) is 1. The van der Waals surface area contributed by atoms with Crippen molar-refractivity contribution in [2.24, 2.45) is 0 Å². The highest BCUT2D eigenvalue weighted by molar-refractivity contribution is 7.89. The van der Waals surface area contributed by atoms with Gasteiger partial charge in [-0.2, -0.15) is 0 Å². The Kier molecular flexibility index (Phi) is 7.36. The average Bonchev–Trinajstić information content (AvgIpc) is 2.58. The molecule has 0 saturated carbocycles. The Bertz CT molecular complexity index is 803. The van der Waals surface area contributed by atoms with E-state index in [0.717, 1.165) is 19.5 Å². The lowest BCUT2D eigenvalue weighted by Crippen LogP contribution is -2.28. The molecule has 0 radical (unpaired) electrons. The molecule has 0 saturated heterocycles. The summed E-state index contributed by atoms with van der Waals surface area (Å²) in [4.78, 5) is 14.4. The number of benzene rings is 2. The molecule has 0 aromatic heterocycles. The fraction of sp³-hybridized carbons (Fsp3) is 0.350. The highest BCUT2D eigenvalue weighted by Gasteiger charge is 2.08. The van der Waals surface area contributed by atoms with E-state index in [1.54, 1.807) is 24.3 Å². The normalized spacial score (nSPS) is 11.5. The predicted molar refractivity (Wildman–Crippen MR) is 105 cm³/mol. The van der Waals surface area contributed by atoms with E-state index in [4.69, 9.17) is 0 Å². The molecule has 0 bridgehead atoms. The van der Waals surface area contributed by atoms with Crippen LogP contribution in [0.25, 0.3) is 0 Å². The highest BCUT2D eigenvalue weighted by atomic mass is 32.2. The average molecular weight is 375 g/mol. The molecule has 0 aliphatic heterocycles. The molecule has 5 nitrogen and oxygen atoms in total. The van der Waals surface area contributed by atoms with Crippen LogP contribution in [0, 0.1) is 0 Å². The van der Waals surface area contributed by atoms with Crippen molar-refractivity contribution in [2.45, 2.75) is 18.7 Å². The maximum absolute atomic E-state index is 12.1. The van der Waals surface area contributed by atoms with Gasteiger partial charge in [-0.05, 0) is 43.3 Å². The summed E-state index contributed by atoms with van der Waals surface area (Å²) in [5.41, 5.74) is 2.50. The van der Waals surface area contributed by atoms with Gasteiger partial charge >= 0.3 is 0 Å². The van der Waals surface area contributed by atoms with Crippen molar-refractivity contribution in [3.8, 4) is 0 Å². The number of carbonyl (C=O) groups excluding carboxylic acids is 1. The quantitative estimate of drug-likeness (QED) is 0.685. The van der Waals surface area contributed by atoms with Gasteiger partial charge in [-0.15, -0.1) is 0 Å². The van der Waals surface area contributed by atoms with Gasteiger partial charge in [-0.25, -0.2) is 8.42 Å². The van der Waals surface area contributed by atoms with E-state index in [1.807, 2.05) is 18.2 Å². The van der Waals surface area contributed by atoms with E-state index >= 15 is 0 Å². The number of sulfone groups is 1. The molecule has 2 aromatic carbocycles. The van der Waals surface area contributed by atoms with Gasteiger partial charge in [0.1, 0.15) is 0 Å². The maximum Gasteiger partial charge on any atom is 0.251 e. The third kappa shape index (κ3) is 7.37. The summed E-state index contributed by atoms with van der Waals surface area (Å²) in [6.45, 7) is 2.38. The first-order valence-corrected chi connectivity index (χ1v) is 10.7. The Morgan fingerprint density at radius 2 is 1.65 bits per heavy atom. The zero-order valence-corrected chi connectivity index (χ0v) is 16.1. The van der Waals surface area contributed by atoms with Gasteiger partial charge in [0.25, 0.3) is 5.91 Å². The molecule has 0 fully saturated rings. The van der Waals surface area contributed by atoms with Crippen molar-refractivity contribution in [1.82, 2.24) is 10.2 Å². The second kappa shape index (κ2) is 9.50. The number of amides is 1. The molecule has 1 amide bonds. The summed E-state index contributed by atoms with van der Waals surface area (Å²) in [5, 5.41) is 2.90. The van der Waals surface area contributed by atoms with Crippen LogP contribution in [0.4, 0.5) is 0 Å². The van der Waals surface area contributed by atoms with Crippen LogP contribution in [0.2, 0.25) is 0 Å². The van der Waals surface area contributed by atoms with Gasteiger partial charge in [0.15, 0.2) is 9.84 Å². The van der Waals surface area contributed by atoms with E-state index in [1.165, 1.54) is 11.8 Å². The van der Waals surface area contributed by atoms with Crippen molar-refractivity contribution in [3.63, 3.8) is 0 Å². The summed E-state index contributed by atoms with van der Waals surface area (Å²) in [5.74, 6) is -0.149. The monoisotopic (exact) mass is 374 g/mol. The van der Waals surface area contributed by atoms with Crippen LogP contribution in [0.5, 0.6) is 0 Å². The SMILES string of the molecule is CN(CCCNC(=O)c1ccc(CS(C)(=O)=O)cc1)Cc1ccccc1. The molecule has 0 aliphatic rings. The van der Waals surface area contributed by atoms with Crippen molar-refractivity contribution < 1.29 is 13.2 Å². The molecule has 0 spiro atoms. The van der Waals surface area contributed by atoms with Gasteiger partial charge in [0, 0.05) is 24.9 Å². The van der Waals surface area contributed by atoms with E-state index < -0.39 is 9.84 Å². The Morgan fingerprint density at radius 1 is 1.00 bits per heavy atom. The molecule has 1 N–H and O–H groups in total. The lowest BCUT2D eigenvalue weighted by atomic mass is 10.1. The van der Waals surface area contributed by atoms with Crippen molar-refractivity contribution in [3.05, 3.63) is 71.3 Å². The van der Waals surface area contributed by atoms with E-state index in [2.05, 4.69) is 29.4 Å². The van der Waals surface area contributed by atoms with Crippen LogP contribution in [0.15, 0.2) is 54.6 Å². The van der Waals surface area contributed by atoms with Crippen LogP contribution in [-0.2, 0) is 22.1 Å². The zero-order chi connectivity index (χ0) is 19.0. The van der Waals surface area contributed by atoms with Gasteiger partial charge in [-0.1, -0.05) is 42.5 Å². The summed E-state index contributed by atoms with van der Waals surface area (Å²) in [6, 6.07) is 17.0.